The Bertz CT molecular complexity index is 1330. The zero-order chi connectivity index (χ0) is 25.2. The molecule has 2 N–H and O–H groups in total. The molecule has 12 heteroatoms. The van der Waals surface area contributed by atoms with E-state index in [1.165, 1.54) is 30.3 Å². The average Bonchev–Trinajstić information content (AvgIpc) is 3.29. The molecule has 2 aliphatic heterocycles. The largest absolute Gasteiger partial charge is 0.573 e. The number of nitrogens with one attached hydrogen (secondary N) is 1. The summed E-state index contributed by atoms with van der Waals surface area (Å²) in [5.74, 6) is -1.36. The van der Waals surface area contributed by atoms with Gasteiger partial charge in [-0.15, -0.1) is 13.2 Å². The minimum Gasteiger partial charge on any atom is -0.423 e. The Morgan fingerprint density at radius 1 is 0.971 bits per heavy atom. The van der Waals surface area contributed by atoms with E-state index in [2.05, 4.69) is 10.1 Å². The van der Waals surface area contributed by atoms with Crippen LogP contribution >= 0.6 is 0 Å². The van der Waals surface area contributed by atoms with E-state index in [1.54, 1.807) is 6.07 Å². The molecule has 2 heterocycles. The van der Waals surface area contributed by atoms with E-state index >= 15 is 0 Å². The van der Waals surface area contributed by atoms with Crippen molar-refractivity contribution in [2.75, 3.05) is 5.32 Å². The molecule has 5 nitrogen and oxygen atoms in total. The molecule has 5 rings (SSSR count). The minimum atomic E-state index is -4.95. The van der Waals surface area contributed by atoms with E-state index in [4.69, 9.17) is 4.65 Å². The summed E-state index contributed by atoms with van der Waals surface area (Å²) in [5.41, 5.74) is -1.97. The number of ether oxygens (including phenoxy) is 1. The van der Waals surface area contributed by atoms with E-state index < -0.39 is 48.0 Å². The van der Waals surface area contributed by atoms with E-state index in [1.807, 2.05) is 0 Å². The Balaban J connectivity index is 1.75. The highest BCUT2D eigenvalue weighted by molar-refractivity contribution is 6.61. The predicted molar refractivity (Wildman–Crippen MR) is 112 cm³/mol. The first kappa shape index (κ1) is 23.2. The van der Waals surface area contributed by atoms with Crippen molar-refractivity contribution in [3.8, 4) is 5.75 Å². The second-order valence-corrected chi connectivity index (χ2v) is 8.08. The number of fused-ring (bicyclic) bond motifs is 2. The van der Waals surface area contributed by atoms with Crippen LogP contribution in [0.25, 0.3) is 0 Å². The first-order chi connectivity index (χ1) is 16.4. The summed E-state index contributed by atoms with van der Waals surface area (Å²) >= 11 is 0. The third-order valence-electron chi connectivity index (χ3n) is 6.11. The normalized spacial score (nSPS) is 19.4. The Kier molecular flexibility index (Phi) is 5.15. The van der Waals surface area contributed by atoms with Crippen LogP contribution in [0.2, 0.25) is 0 Å². The molecule has 1 amide bonds. The SMILES string of the molecule is O=C1Nc2c(C(F)(F)F)cccc2[C@]1(c1ccc(OC(F)(F)F)cc1)c1ccc2c(c1)COB2O. The third kappa shape index (κ3) is 3.73. The van der Waals surface area contributed by atoms with Gasteiger partial charge in [-0.05, 0) is 40.4 Å². The average molecular weight is 493 g/mol. The molecule has 0 spiro atoms. The van der Waals surface area contributed by atoms with Crippen molar-refractivity contribution in [3.05, 3.63) is 88.5 Å². The molecule has 3 aromatic rings. The summed E-state index contributed by atoms with van der Waals surface area (Å²) in [5, 5.41) is 12.3. The van der Waals surface area contributed by atoms with E-state index in [0.717, 1.165) is 24.3 Å². The van der Waals surface area contributed by atoms with Crippen LogP contribution < -0.4 is 15.5 Å². The Labute approximate surface area is 194 Å². The monoisotopic (exact) mass is 493 g/mol. The Hall–Kier alpha value is -3.51. The standard InChI is InChI=1S/C23H14BF6NO4/c25-22(26,27)17-3-1-2-16-19(17)31-20(32)21(16,13-4-7-15(8-5-13)35-23(28,29)30)14-6-9-18-12(10-14)11-34-24(18)33/h1-10,33H,11H2,(H,31,32)/t21-/m0/s1. The van der Waals surface area contributed by atoms with Gasteiger partial charge in [0.1, 0.15) is 11.2 Å². The number of hydrogen-bond acceptors (Lipinski definition) is 4. The lowest BCUT2D eigenvalue weighted by molar-refractivity contribution is -0.274. The van der Waals surface area contributed by atoms with Crippen LogP contribution in [-0.2, 0) is 27.6 Å². The van der Waals surface area contributed by atoms with Crippen LogP contribution in [0.3, 0.4) is 0 Å². The zero-order valence-electron chi connectivity index (χ0n) is 17.5. The molecular formula is C23H14BF6NO4. The molecule has 1 atom stereocenters. The molecule has 0 saturated heterocycles. The molecule has 0 fully saturated rings. The van der Waals surface area contributed by atoms with E-state index in [9.17, 15) is 36.2 Å². The second kappa shape index (κ2) is 7.75. The smallest absolute Gasteiger partial charge is 0.423 e. The maximum absolute atomic E-state index is 13.7. The van der Waals surface area contributed by atoms with Crippen molar-refractivity contribution in [2.45, 2.75) is 24.6 Å². The fourth-order valence-corrected chi connectivity index (χ4v) is 4.68. The predicted octanol–water partition coefficient (Wildman–Crippen LogP) is 4.11. The molecule has 180 valence electrons. The first-order valence-electron chi connectivity index (χ1n) is 10.2. The number of carbonyl (C=O) groups excluding carboxylic acids is 1. The molecule has 35 heavy (non-hydrogen) atoms. The second-order valence-electron chi connectivity index (χ2n) is 8.08. The van der Waals surface area contributed by atoms with Crippen molar-refractivity contribution in [2.24, 2.45) is 0 Å². The van der Waals surface area contributed by atoms with Crippen LogP contribution in [-0.4, -0.2) is 24.4 Å². The van der Waals surface area contributed by atoms with Gasteiger partial charge in [0, 0.05) is 5.56 Å². The molecule has 2 aliphatic rings. The van der Waals surface area contributed by atoms with Gasteiger partial charge >= 0.3 is 19.7 Å². The first-order valence-corrected chi connectivity index (χ1v) is 10.2. The highest BCUT2D eigenvalue weighted by Crippen LogP contribution is 2.51. The molecular weight excluding hydrogens is 479 g/mol. The molecule has 0 radical (unpaired) electrons. The highest BCUT2D eigenvalue weighted by atomic mass is 19.4. The van der Waals surface area contributed by atoms with E-state index in [-0.39, 0.29) is 23.3 Å². The fraction of sp³-hybridized carbons (Fsp3) is 0.174. The Morgan fingerprint density at radius 3 is 2.31 bits per heavy atom. The number of anilines is 1. The van der Waals surface area contributed by atoms with Gasteiger partial charge < -0.3 is 19.7 Å². The lowest BCUT2D eigenvalue weighted by Gasteiger charge is -2.30. The maximum atomic E-state index is 13.7. The van der Waals surface area contributed by atoms with Crippen LogP contribution in [0.4, 0.5) is 32.0 Å². The van der Waals surface area contributed by atoms with Gasteiger partial charge in [0.2, 0.25) is 5.91 Å². The third-order valence-corrected chi connectivity index (χ3v) is 6.11. The van der Waals surface area contributed by atoms with Gasteiger partial charge in [-0.1, -0.05) is 42.5 Å². The lowest BCUT2D eigenvalue weighted by atomic mass is 9.68. The van der Waals surface area contributed by atoms with Gasteiger partial charge in [-0.25, -0.2) is 0 Å². The van der Waals surface area contributed by atoms with Crippen molar-refractivity contribution >= 4 is 24.2 Å². The summed E-state index contributed by atoms with van der Waals surface area (Å²) in [7, 11) is -1.18. The summed E-state index contributed by atoms with van der Waals surface area (Å²) in [4.78, 5) is 13.5. The number of benzene rings is 3. The topological polar surface area (TPSA) is 67.8 Å². The van der Waals surface area contributed by atoms with Gasteiger partial charge in [0.15, 0.2) is 0 Å². The van der Waals surface area contributed by atoms with Gasteiger partial charge in [-0.3, -0.25) is 4.79 Å². The van der Waals surface area contributed by atoms with E-state index in [0.29, 0.717) is 11.0 Å². The molecule has 0 saturated carbocycles. The van der Waals surface area contributed by atoms with Crippen LogP contribution in [0.1, 0.15) is 27.8 Å². The summed E-state index contributed by atoms with van der Waals surface area (Å²) in [6, 6.07) is 12.3. The number of carbonyl (C=O) groups is 1. The number of hydrogen-bond donors (Lipinski definition) is 2. The summed E-state index contributed by atoms with van der Waals surface area (Å²) in [6.07, 6.45) is -9.71. The summed E-state index contributed by atoms with van der Waals surface area (Å²) < 4.78 is 88.2. The highest BCUT2D eigenvalue weighted by Gasteiger charge is 2.53. The van der Waals surface area contributed by atoms with Gasteiger partial charge in [0.25, 0.3) is 0 Å². The Morgan fingerprint density at radius 2 is 1.66 bits per heavy atom. The maximum Gasteiger partial charge on any atom is 0.573 e. The van der Waals surface area contributed by atoms with Gasteiger partial charge in [-0.2, -0.15) is 13.2 Å². The number of amides is 1. The molecule has 0 unspecified atom stereocenters. The summed E-state index contributed by atoms with van der Waals surface area (Å²) in [6.45, 7) is 0.00977. The van der Waals surface area contributed by atoms with Crippen LogP contribution in [0.5, 0.6) is 5.75 Å². The van der Waals surface area contributed by atoms with Crippen LogP contribution in [0.15, 0.2) is 60.7 Å². The lowest BCUT2D eigenvalue weighted by Crippen LogP contribution is -2.38. The zero-order valence-corrected chi connectivity index (χ0v) is 17.5. The van der Waals surface area contributed by atoms with Crippen molar-refractivity contribution in [1.82, 2.24) is 0 Å². The number of para-hydroxylation sites is 1. The van der Waals surface area contributed by atoms with Crippen molar-refractivity contribution in [3.63, 3.8) is 0 Å². The molecule has 3 aromatic carbocycles. The number of rotatable bonds is 3. The minimum absolute atomic E-state index is 0.00977. The molecule has 0 bridgehead atoms. The number of halogens is 6. The molecule has 0 aromatic heterocycles. The fourth-order valence-electron chi connectivity index (χ4n) is 4.68. The van der Waals surface area contributed by atoms with Gasteiger partial charge in [0.05, 0.1) is 17.9 Å². The molecule has 0 aliphatic carbocycles. The van der Waals surface area contributed by atoms with Crippen molar-refractivity contribution < 1.29 is 45.6 Å². The quantitative estimate of drug-likeness (QED) is 0.426. The number of alkyl halides is 6. The van der Waals surface area contributed by atoms with Crippen LogP contribution in [0, 0.1) is 0 Å². The van der Waals surface area contributed by atoms with Crippen molar-refractivity contribution in [1.29, 1.82) is 0 Å².